The predicted octanol–water partition coefficient (Wildman–Crippen LogP) is 2.11. The van der Waals surface area contributed by atoms with Crippen molar-refractivity contribution >= 4 is 0 Å². The van der Waals surface area contributed by atoms with Gasteiger partial charge in [-0.1, -0.05) is 31.0 Å². The number of nitrogens with two attached hydrogens (primary N) is 1. The van der Waals surface area contributed by atoms with E-state index in [-0.39, 0.29) is 12.6 Å². The Balaban J connectivity index is 2.86. The molecule has 0 aliphatic rings. The Morgan fingerprint density at radius 1 is 1.50 bits per heavy atom. The van der Waals surface area contributed by atoms with Crippen LogP contribution < -0.4 is 10.5 Å². The van der Waals surface area contributed by atoms with Crippen molar-refractivity contribution in [1.82, 2.24) is 0 Å². The first-order chi connectivity index (χ1) is 6.79. The maximum Gasteiger partial charge on any atom is 0.148 e. The van der Waals surface area contributed by atoms with Gasteiger partial charge in [0.05, 0.1) is 0 Å². The molecule has 1 aromatic rings. The Hall–Kier alpha value is -1.46. The predicted molar refractivity (Wildman–Crippen MR) is 58.0 cm³/mol. The molecule has 1 aromatic carbocycles. The molecule has 0 amide bonds. The summed E-state index contributed by atoms with van der Waals surface area (Å²) >= 11 is 0. The molecule has 14 heavy (non-hydrogen) atoms. The number of hydrogen-bond acceptors (Lipinski definition) is 2. The van der Waals surface area contributed by atoms with Crippen molar-refractivity contribution in [3.05, 3.63) is 29.8 Å². The first-order valence-electron chi connectivity index (χ1n) is 4.70. The lowest BCUT2D eigenvalue weighted by atomic mass is 10.0. The van der Waals surface area contributed by atoms with Crippen LogP contribution in [0, 0.1) is 12.3 Å². The molecule has 0 aliphatic carbocycles. The van der Waals surface area contributed by atoms with Gasteiger partial charge in [-0.05, 0) is 12.5 Å². The molecular weight excluding hydrogens is 174 g/mol. The van der Waals surface area contributed by atoms with Crippen molar-refractivity contribution in [2.75, 3.05) is 6.61 Å². The number of benzene rings is 1. The van der Waals surface area contributed by atoms with Gasteiger partial charge >= 0.3 is 0 Å². The van der Waals surface area contributed by atoms with Crippen molar-refractivity contribution in [2.45, 2.75) is 19.4 Å². The van der Waals surface area contributed by atoms with E-state index < -0.39 is 0 Å². The number of rotatable bonds is 4. The first kappa shape index (κ1) is 10.6. The van der Waals surface area contributed by atoms with Crippen LogP contribution in [0.25, 0.3) is 0 Å². The highest BCUT2D eigenvalue weighted by Crippen LogP contribution is 2.24. The van der Waals surface area contributed by atoms with Crippen LogP contribution in [0.5, 0.6) is 5.75 Å². The minimum atomic E-state index is 0.0176. The molecule has 0 radical (unpaired) electrons. The van der Waals surface area contributed by atoms with Gasteiger partial charge in [-0.3, -0.25) is 0 Å². The van der Waals surface area contributed by atoms with Gasteiger partial charge in [0.1, 0.15) is 12.4 Å². The fourth-order valence-electron chi connectivity index (χ4n) is 1.26. The van der Waals surface area contributed by atoms with E-state index in [4.69, 9.17) is 16.9 Å². The van der Waals surface area contributed by atoms with Crippen molar-refractivity contribution in [3.63, 3.8) is 0 Å². The van der Waals surface area contributed by atoms with Crippen LogP contribution in [0.4, 0.5) is 0 Å². The molecule has 1 atom stereocenters. The minimum absolute atomic E-state index is 0.0176. The second-order valence-electron chi connectivity index (χ2n) is 3.05. The minimum Gasteiger partial charge on any atom is -0.481 e. The lowest BCUT2D eigenvalue weighted by Gasteiger charge is -2.14. The Bertz CT molecular complexity index is 327. The third-order valence-corrected chi connectivity index (χ3v) is 2.07. The molecule has 2 N–H and O–H groups in total. The van der Waals surface area contributed by atoms with Gasteiger partial charge in [0.15, 0.2) is 0 Å². The Morgan fingerprint density at radius 3 is 2.86 bits per heavy atom. The molecule has 2 heteroatoms. The van der Waals surface area contributed by atoms with E-state index >= 15 is 0 Å². The molecule has 0 saturated carbocycles. The van der Waals surface area contributed by atoms with E-state index in [1.807, 2.05) is 31.2 Å². The van der Waals surface area contributed by atoms with Crippen LogP contribution in [0.2, 0.25) is 0 Å². The Kier molecular flexibility index (Phi) is 4.03. The molecule has 0 aromatic heterocycles. The monoisotopic (exact) mass is 189 g/mol. The molecule has 0 heterocycles. The molecule has 0 saturated heterocycles. The number of para-hydroxylation sites is 1. The topological polar surface area (TPSA) is 35.2 Å². The van der Waals surface area contributed by atoms with Gasteiger partial charge in [0.25, 0.3) is 0 Å². The van der Waals surface area contributed by atoms with Crippen LogP contribution >= 0.6 is 0 Å². The second kappa shape index (κ2) is 5.31. The Morgan fingerprint density at radius 2 is 2.21 bits per heavy atom. The van der Waals surface area contributed by atoms with Crippen LogP contribution in [0.3, 0.4) is 0 Å². The van der Waals surface area contributed by atoms with E-state index in [9.17, 15) is 0 Å². The smallest absolute Gasteiger partial charge is 0.148 e. The highest BCUT2D eigenvalue weighted by molar-refractivity contribution is 5.35. The summed E-state index contributed by atoms with van der Waals surface area (Å²) in [6.07, 6.45) is 6.01. The lowest BCUT2D eigenvalue weighted by Crippen LogP contribution is -2.10. The van der Waals surface area contributed by atoms with Gasteiger partial charge in [0.2, 0.25) is 0 Å². The van der Waals surface area contributed by atoms with Gasteiger partial charge in [-0.25, -0.2) is 0 Å². The quantitative estimate of drug-likeness (QED) is 0.736. The van der Waals surface area contributed by atoms with Crippen LogP contribution in [-0.4, -0.2) is 6.61 Å². The highest BCUT2D eigenvalue weighted by atomic mass is 16.5. The zero-order valence-corrected chi connectivity index (χ0v) is 8.36. The van der Waals surface area contributed by atoms with Gasteiger partial charge in [-0.2, -0.15) is 0 Å². The van der Waals surface area contributed by atoms with Gasteiger partial charge in [-0.15, -0.1) is 6.42 Å². The fourth-order valence-corrected chi connectivity index (χ4v) is 1.26. The molecule has 0 aliphatic heterocycles. The van der Waals surface area contributed by atoms with Crippen molar-refractivity contribution in [2.24, 2.45) is 5.73 Å². The van der Waals surface area contributed by atoms with Crippen LogP contribution in [-0.2, 0) is 0 Å². The standard InChI is InChI=1S/C12H15NO/c1-3-9-14-12-8-6-5-7-10(12)11(13)4-2/h1,5-8,11H,4,9,13H2,2H3/t11-/m0/s1. The van der Waals surface area contributed by atoms with Gasteiger partial charge in [0, 0.05) is 11.6 Å². The SMILES string of the molecule is C#CCOc1ccccc1[C@@H](N)CC. The maximum absolute atomic E-state index is 5.94. The van der Waals surface area contributed by atoms with Crippen LogP contribution in [0.1, 0.15) is 24.9 Å². The molecule has 1 rings (SSSR count). The summed E-state index contributed by atoms with van der Waals surface area (Å²) in [6.45, 7) is 2.33. The first-order valence-corrected chi connectivity index (χ1v) is 4.70. The van der Waals surface area contributed by atoms with Crippen LogP contribution in [0.15, 0.2) is 24.3 Å². The van der Waals surface area contributed by atoms with E-state index in [1.165, 1.54) is 0 Å². The average molecular weight is 189 g/mol. The zero-order chi connectivity index (χ0) is 10.4. The third kappa shape index (κ3) is 2.51. The normalized spacial score (nSPS) is 11.8. The van der Waals surface area contributed by atoms with E-state index in [0.717, 1.165) is 17.7 Å². The summed E-state index contributed by atoms with van der Waals surface area (Å²) in [7, 11) is 0. The molecule has 0 fully saturated rings. The summed E-state index contributed by atoms with van der Waals surface area (Å²) in [5.74, 6) is 3.23. The molecule has 74 valence electrons. The third-order valence-electron chi connectivity index (χ3n) is 2.07. The summed E-state index contributed by atoms with van der Waals surface area (Å²) in [6, 6.07) is 7.75. The van der Waals surface area contributed by atoms with Crippen molar-refractivity contribution in [1.29, 1.82) is 0 Å². The van der Waals surface area contributed by atoms with Gasteiger partial charge < -0.3 is 10.5 Å². The van der Waals surface area contributed by atoms with E-state index in [1.54, 1.807) is 0 Å². The number of terminal acetylenes is 1. The zero-order valence-electron chi connectivity index (χ0n) is 8.36. The van der Waals surface area contributed by atoms with E-state index in [2.05, 4.69) is 5.92 Å². The fraction of sp³-hybridized carbons (Fsp3) is 0.333. The van der Waals surface area contributed by atoms with Crippen molar-refractivity contribution < 1.29 is 4.74 Å². The molecule has 2 nitrogen and oxygen atoms in total. The summed E-state index contributed by atoms with van der Waals surface area (Å²) in [4.78, 5) is 0. The largest absolute Gasteiger partial charge is 0.481 e. The molecule has 0 unspecified atom stereocenters. The van der Waals surface area contributed by atoms with Crippen molar-refractivity contribution in [3.8, 4) is 18.1 Å². The molecule has 0 bridgehead atoms. The lowest BCUT2D eigenvalue weighted by molar-refractivity contribution is 0.363. The molecule has 0 spiro atoms. The average Bonchev–Trinajstić information content (AvgIpc) is 2.25. The summed E-state index contributed by atoms with van der Waals surface area (Å²) in [5, 5.41) is 0. The molecular formula is C12H15NO. The second-order valence-corrected chi connectivity index (χ2v) is 3.05. The Labute approximate surface area is 85.1 Å². The van der Waals surface area contributed by atoms with E-state index in [0.29, 0.717) is 0 Å². The summed E-state index contributed by atoms with van der Waals surface area (Å²) in [5.41, 5.74) is 6.95. The number of ether oxygens (including phenoxy) is 1. The maximum atomic E-state index is 5.94. The summed E-state index contributed by atoms with van der Waals surface area (Å²) < 4.78 is 5.39. The number of hydrogen-bond donors (Lipinski definition) is 1. The highest BCUT2D eigenvalue weighted by Gasteiger charge is 2.08.